The fourth-order valence-corrected chi connectivity index (χ4v) is 4.25. The Kier molecular flexibility index (Phi) is 7.24. The number of urea groups is 1. The molecule has 188 valence electrons. The van der Waals surface area contributed by atoms with E-state index in [2.05, 4.69) is 27.8 Å². The number of benzene rings is 2. The van der Waals surface area contributed by atoms with Gasteiger partial charge in [-0.2, -0.15) is 0 Å². The van der Waals surface area contributed by atoms with Gasteiger partial charge in [0.15, 0.2) is 11.6 Å². The van der Waals surface area contributed by atoms with E-state index >= 15 is 0 Å². The lowest BCUT2D eigenvalue weighted by molar-refractivity contribution is -0.122. The van der Waals surface area contributed by atoms with Gasteiger partial charge in [0.2, 0.25) is 5.54 Å². The smallest absolute Gasteiger partial charge is 0.323 e. The third-order valence-electron chi connectivity index (χ3n) is 6.20. The number of hydrogen-bond acceptors (Lipinski definition) is 6. The zero-order valence-electron chi connectivity index (χ0n) is 20.0. The van der Waals surface area contributed by atoms with E-state index in [1.54, 1.807) is 30.3 Å². The first-order valence-corrected chi connectivity index (χ1v) is 11.6. The van der Waals surface area contributed by atoms with Crippen molar-refractivity contribution >= 4 is 17.8 Å². The van der Waals surface area contributed by atoms with Crippen molar-refractivity contribution in [3.8, 4) is 17.6 Å². The average molecular weight is 495 g/mol. The van der Waals surface area contributed by atoms with Crippen LogP contribution in [0.2, 0.25) is 0 Å². The Bertz CT molecular complexity index is 1250. The van der Waals surface area contributed by atoms with Crippen molar-refractivity contribution in [3.05, 3.63) is 64.5 Å². The lowest BCUT2D eigenvalue weighted by atomic mass is 9.98. The van der Waals surface area contributed by atoms with Crippen molar-refractivity contribution in [1.29, 1.82) is 0 Å². The van der Waals surface area contributed by atoms with E-state index in [9.17, 15) is 23.9 Å². The normalized spacial score (nSPS) is 19.3. The highest BCUT2D eigenvalue weighted by atomic mass is 19.1. The number of aliphatic hydroxyl groups is 1. The number of rotatable bonds is 8. The standard InChI is InChI=1S/C26H27FN4O5/c1-3-28-13-11-19(32)17-6-4-16(5-7-17)10-12-26(24(34)29-25(35)30-26)15-31-14-18-8-9-20(36-2)22(27)21(18)23(31)33/h4-9,19,28,32H,3,11,13-15H2,1-2H3,(H2,29,30,34,35). The van der Waals surface area contributed by atoms with Crippen molar-refractivity contribution in [2.75, 3.05) is 26.7 Å². The summed E-state index contributed by atoms with van der Waals surface area (Å²) in [6, 6.07) is 9.21. The van der Waals surface area contributed by atoms with E-state index in [0.29, 0.717) is 24.1 Å². The summed E-state index contributed by atoms with van der Waals surface area (Å²) in [6.07, 6.45) is -0.0634. The maximum absolute atomic E-state index is 14.7. The molecule has 2 aromatic rings. The third-order valence-corrected chi connectivity index (χ3v) is 6.20. The molecule has 4 N–H and O–H groups in total. The second-order valence-corrected chi connectivity index (χ2v) is 8.62. The van der Waals surface area contributed by atoms with Crippen LogP contribution in [0.25, 0.3) is 0 Å². The third kappa shape index (κ3) is 4.89. The Morgan fingerprint density at radius 1 is 1.22 bits per heavy atom. The summed E-state index contributed by atoms with van der Waals surface area (Å²) in [5.74, 6) is 3.56. The zero-order valence-corrected chi connectivity index (χ0v) is 20.0. The Balaban J connectivity index is 1.55. The van der Waals surface area contributed by atoms with Gasteiger partial charge in [-0.05, 0) is 48.8 Å². The Morgan fingerprint density at radius 2 is 1.97 bits per heavy atom. The zero-order chi connectivity index (χ0) is 25.9. The van der Waals surface area contributed by atoms with Crippen LogP contribution in [-0.4, -0.2) is 60.1 Å². The molecule has 10 heteroatoms. The van der Waals surface area contributed by atoms with Crippen molar-refractivity contribution in [2.24, 2.45) is 0 Å². The van der Waals surface area contributed by atoms with E-state index in [1.807, 2.05) is 6.92 Å². The highest BCUT2D eigenvalue weighted by Crippen LogP contribution is 2.32. The second-order valence-electron chi connectivity index (χ2n) is 8.62. The first-order valence-electron chi connectivity index (χ1n) is 11.6. The highest BCUT2D eigenvalue weighted by molar-refractivity contribution is 6.10. The maximum atomic E-state index is 14.7. The van der Waals surface area contributed by atoms with Crippen molar-refractivity contribution in [2.45, 2.75) is 31.5 Å². The van der Waals surface area contributed by atoms with Crippen LogP contribution >= 0.6 is 0 Å². The van der Waals surface area contributed by atoms with Gasteiger partial charge in [-0.25, -0.2) is 9.18 Å². The number of nitrogens with zero attached hydrogens (tertiary/aromatic N) is 1. The van der Waals surface area contributed by atoms with Crippen LogP contribution in [0.15, 0.2) is 36.4 Å². The topological polar surface area (TPSA) is 120 Å². The molecule has 2 aliphatic rings. The lowest BCUT2D eigenvalue weighted by Crippen LogP contribution is -2.54. The fraction of sp³-hybridized carbons (Fsp3) is 0.346. The molecule has 0 spiro atoms. The summed E-state index contributed by atoms with van der Waals surface area (Å²) in [5, 5.41) is 18.2. The molecule has 2 aromatic carbocycles. The van der Waals surface area contributed by atoms with Crippen LogP contribution in [0, 0.1) is 17.7 Å². The van der Waals surface area contributed by atoms with Gasteiger partial charge in [-0.1, -0.05) is 37.0 Å². The molecule has 4 amide bonds. The minimum Gasteiger partial charge on any atom is -0.494 e. The van der Waals surface area contributed by atoms with Crippen LogP contribution in [0.3, 0.4) is 0 Å². The second kappa shape index (κ2) is 10.4. The molecule has 0 radical (unpaired) electrons. The van der Waals surface area contributed by atoms with Crippen molar-refractivity contribution in [1.82, 2.24) is 20.9 Å². The van der Waals surface area contributed by atoms with Crippen LogP contribution in [0.1, 0.15) is 46.5 Å². The monoisotopic (exact) mass is 494 g/mol. The van der Waals surface area contributed by atoms with Gasteiger partial charge in [0, 0.05) is 12.1 Å². The number of carbonyl (C=O) groups excluding carboxylic acids is 3. The van der Waals surface area contributed by atoms with Gasteiger partial charge in [0.1, 0.15) is 0 Å². The molecule has 0 bridgehead atoms. The number of halogens is 1. The van der Waals surface area contributed by atoms with Gasteiger partial charge >= 0.3 is 6.03 Å². The highest BCUT2D eigenvalue weighted by Gasteiger charge is 2.48. The van der Waals surface area contributed by atoms with Crippen molar-refractivity contribution < 1.29 is 28.6 Å². The number of hydrogen-bond donors (Lipinski definition) is 4. The molecule has 0 aliphatic carbocycles. The van der Waals surface area contributed by atoms with E-state index in [0.717, 1.165) is 12.1 Å². The molecule has 2 unspecified atom stereocenters. The first-order chi connectivity index (χ1) is 17.3. The molecule has 1 saturated heterocycles. The summed E-state index contributed by atoms with van der Waals surface area (Å²) < 4.78 is 19.7. The number of carbonyl (C=O) groups is 3. The minimum atomic E-state index is -1.71. The average Bonchev–Trinajstić information content (AvgIpc) is 3.33. The number of aliphatic hydroxyl groups excluding tert-OH is 1. The van der Waals surface area contributed by atoms with Gasteiger partial charge < -0.3 is 25.4 Å². The molecule has 4 rings (SSSR count). The van der Waals surface area contributed by atoms with Gasteiger partial charge in [-0.3, -0.25) is 14.9 Å². The summed E-state index contributed by atoms with van der Waals surface area (Å²) in [7, 11) is 1.31. The Hall–Kier alpha value is -3.94. The SMILES string of the molecule is CCNCCC(O)c1ccc(C#CC2(CN3Cc4ccc(OC)c(F)c4C3=O)NC(=O)NC2=O)cc1. The number of ether oxygens (including phenoxy) is 1. The number of nitrogens with one attached hydrogen (secondary N) is 3. The number of fused-ring (bicyclic) bond motifs is 1. The van der Waals surface area contributed by atoms with Crippen LogP contribution in [-0.2, 0) is 11.3 Å². The molecular weight excluding hydrogens is 467 g/mol. The van der Waals surface area contributed by atoms with Gasteiger partial charge in [-0.15, -0.1) is 0 Å². The molecule has 0 saturated carbocycles. The molecule has 36 heavy (non-hydrogen) atoms. The molecule has 1 fully saturated rings. The van der Waals surface area contributed by atoms with Crippen LogP contribution in [0.5, 0.6) is 5.75 Å². The minimum absolute atomic E-state index is 0.0550. The molecule has 2 heterocycles. The molecule has 2 atom stereocenters. The molecular formula is C26H27FN4O5. The predicted molar refractivity (Wildman–Crippen MR) is 129 cm³/mol. The number of imide groups is 1. The Labute approximate surface area is 208 Å². The predicted octanol–water partition coefficient (Wildman–Crippen LogP) is 1.45. The molecule has 9 nitrogen and oxygen atoms in total. The molecule has 2 aliphatic heterocycles. The first kappa shape index (κ1) is 25.2. The summed E-state index contributed by atoms with van der Waals surface area (Å²) in [6.45, 7) is 3.29. The summed E-state index contributed by atoms with van der Waals surface area (Å²) >= 11 is 0. The van der Waals surface area contributed by atoms with Gasteiger partial charge in [0.05, 0.1) is 25.3 Å². The number of amides is 4. The van der Waals surface area contributed by atoms with Crippen LogP contribution < -0.4 is 20.7 Å². The number of methoxy groups -OCH3 is 1. The fourth-order valence-electron chi connectivity index (χ4n) is 4.25. The summed E-state index contributed by atoms with van der Waals surface area (Å²) in [4.78, 5) is 39.0. The molecule has 0 aromatic heterocycles. The van der Waals surface area contributed by atoms with E-state index in [4.69, 9.17) is 4.74 Å². The van der Waals surface area contributed by atoms with Crippen molar-refractivity contribution in [3.63, 3.8) is 0 Å². The summed E-state index contributed by atoms with van der Waals surface area (Å²) in [5.41, 5.74) is -0.0880. The largest absolute Gasteiger partial charge is 0.494 e. The van der Waals surface area contributed by atoms with E-state index in [-0.39, 0.29) is 24.4 Å². The Morgan fingerprint density at radius 3 is 2.61 bits per heavy atom. The maximum Gasteiger partial charge on any atom is 0.323 e. The van der Waals surface area contributed by atoms with E-state index < -0.39 is 35.3 Å². The lowest BCUT2D eigenvalue weighted by Gasteiger charge is -2.26. The van der Waals surface area contributed by atoms with E-state index in [1.165, 1.54) is 18.1 Å². The van der Waals surface area contributed by atoms with Gasteiger partial charge in [0.25, 0.3) is 11.8 Å². The van der Waals surface area contributed by atoms with Crippen LogP contribution in [0.4, 0.5) is 9.18 Å². The quantitative estimate of drug-likeness (QED) is 0.251.